The molecule has 2 aromatic rings. The summed E-state index contributed by atoms with van der Waals surface area (Å²) in [5.74, 6) is 0.924. The summed E-state index contributed by atoms with van der Waals surface area (Å²) in [6.07, 6.45) is 2.05. The Kier molecular flexibility index (Phi) is 5.86. The summed E-state index contributed by atoms with van der Waals surface area (Å²) in [6.45, 7) is 3.64. The zero-order chi connectivity index (χ0) is 13.0. The molecule has 0 unspecified atom stereocenters. The second-order valence-electron chi connectivity index (χ2n) is 4.33. The molecule has 1 N–H and O–H groups in total. The molecule has 0 bridgehead atoms. The molecule has 0 aliphatic rings. The van der Waals surface area contributed by atoms with Gasteiger partial charge < -0.3 is 10.1 Å². The number of methoxy groups -OCH3 is 1. The van der Waals surface area contributed by atoms with E-state index in [1.54, 1.807) is 7.11 Å². The van der Waals surface area contributed by atoms with Crippen molar-refractivity contribution in [3.63, 3.8) is 0 Å². The Morgan fingerprint density at radius 2 is 1.89 bits per heavy atom. The number of benzene rings is 1. The van der Waals surface area contributed by atoms with Crippen molar-refractivity contribution >= 4 is 12.4 Å². The SMILES string of the molecule is COc1ccccc1CNCc1cn(C)nc1C.Cl. The van der Waals surface area contributed by atoms with E-state index in [0.29, 0.717) is 0 Å². The van der Waals surface area contributed by atoms with Crippen molar-refractivity contribution in [3.05, 3.63) is 47.3 Å². The van der Waals surface area contributed by atoms with Gasteiger partial charge in [-0.1, -0.05) is 18.2 Å². The second kappa shape index (κ2) is 7.16. The monoisotopic (exact) mass is 281 g/mol. The average molecular weight is 282 g/mol. The minimum atomic E-state index is 0. The van der Waals surface area contributed by atoms with Gasteiger partial charge in [0, 0.05) is 37.5 Å². The van der Waals surface area contributed by atoms with Crippen LogP contribution >= 0.6 is 12.4 Å². The van der Waals surface area contributed by atoms with Crippen LogP contribution in [0.4, 0.5) is 0 Å². The lowest BCUT2D eigenvalue weighted by molar-refractivity contribution is 0.407. The lowest BCUT2D eigenvalue weighted by atomic mass is 10.2. The van der Waals surface area contributed by atoms with Gasteiger partial charge in [0.05, 0.1) is 12.8 Å². The first-order chi connectivity index (χ1) is 8.70. The minimum absolute atomic E-state index is 0. The molecule has 4 nitrogen and oxygen atoms in total. The first-order valence-electron chi connectivity index (χ1n) is 6.02. The average Bonchev–Trinajstić information content (AvgIpc) is 2.68. The normalized spacial score (nSPS) is 10.1. The van der Waals surface area contributed by atoms with Gasteiger partial charge in [0.2, 0.25) is 0 Å². The fourth-order valence-electron chi connectivity index (χ4n) is 2.00. The Morgan fingerprint density at radius 3 is 2.53 bits per heavy atom. The Bertz CT molecular complexity index is 525. The predicted octanol–water partition coefficient (Wildman–Crippen LogP) is 2.45. The number of rotatable bonds is 5. The van der Waals surface area contributed by atoms with E-state index in [4.69, 9.17) is 4.74 Å². The number of para-hydroxylation sites is 1. The number of hydrogen-bond acceptors (Lipinski definition) is 3. The van der Waals surface area contributed by atoms with Gasteiger partial charge in [-0.3, -0.25) is 4.68 Å². The molecule has 0 spiro atoms. The summed E-state index contributed by atoms with van der Waals surface area (Å²) in [7, 11) is 3.64. The van der Waals surface area contributed by atoms with E-state index in [9.17, 15) is 0 Å². The topological polar surface area (TPSA) is 39.1 Å². The summed E-state index contributed by atoms with van der Waals surface area (Å²) < 4.78 is 7.16. The van der Waals surface area contributed by atoms with E-state index >= 15 is 0 Å². The molecule has 0 radical (unpaired) electrons. The highest BCUT2D eigenvalue weighted by Crippen LogP contribution is 2.17. The van der Waals surface area contributed by atoms with Crippen LogP contribution in [0, 0.1) is 6.92 Å². The molecule has 0 aliphatic carbocycles. The number of nitrogens with one attached hydrogen (secondary N) is 1. The third-order valence-electron chi connectivity index (χ3n) is 2.94. The molecular weight excluding hydrogens is 262 g/mol. The van der Waals surface area contributed by atoms with Gasteiger partial charge >= 0.3 is 0 Å². The van der Waals surface area contributed by atoms with E-state index in [1.807, 2.05) is 43.0 Å². The van der Waals surface area contributed by atoms with Crippen molar-refractivity contribution in [1.82, 2.24) is 15.1 Å². The summed E-state index contributed by atoms with van der Waals surface area (Å²) >= 11 is 0. The van der Waals surface area contributed by atoms with Crippen LogP contribution in [-0.2, 0) is 20.1 Å². The molecule has 1 heterocycles. The Hall–Kier alpha value is -1.52. The molecule has 1 aromatic carbocycles. The van der Waals surface area contributed by atoms with Crippen LogP contribution in [0.3, 0.4) is 0 Å². The first-order valence-corrected chi connectivity index (χ1v) is 6.02. The molecular formula is C14H20ClN3O. The molecule has 0 aliphatic heterocycles. The smallest absolute Gasteiger partial charge is 0.123 e. The molecule has 0 saturated carbocycles. The lowest BCUT2D eigenvalue weighted by Gasteiger charge is -2.08. The van der Waals surface area contributed by atoms with Crippen molar-refractivity contribution in [2.24, 2.45) is 7.05 Å². The number of nitrogens with zero attached hydrogens (tertiary/aromatic N) is 2. The number of aromatic nitrogens is 2. The third-order valence-corrected chi connectivity index (χ3v) is 2.94. The Morgan fingerprint density at radius 1 is 1.21 bits per heavy atom. The highest BCUT2D eigenvalue weighted by Gasteiger charge is 2.04. The minimum Gasteiger partial charge on any atom is -0.496 e. The van der Waals surface area contributed by atoms with Crippen LogP contribution in [0.25, 0.3) is 0 Å². The van der Waals surface area contributed by atoms with Crippen molar-refractivity contribution < 1.29 is 4.74 Å². The molecule has 5 heteroatoms. The molecule has 1 aromatic heterocycles. The van der Waals surface area contributed by atoms with Crippen LogP contribution < -0.4 is 10.1 Å². The number of ether oxygens (including phenoxy) is 1. The molecule has 104 valence electrons. The zero-order valence-electron chi connectivity index (χ0n) is 11.5. The van der Waals surface area contributed by atoms with E-state index in [2.05, 4.69) is 16.5 Å². The van der Waals surface area contributed by atoms with Crippen LogP contribution in [0.2, 0.25) is 0 Å². The fourth-order valence-corrected chi connectivity index (χ4v) is 2.00. The summed E-state index contributed by atoms with van der Waals surface area (Å²) in [5.41, 5.74) is 3.47. The van der Waals surface area contributed by atoms with E-state index in [1.165, 1.54) is 11.1 Å². The molecule has 0 saturated heterocycles. The van der Waals surface area contributed by atoms with Gasteiger partial charge in [-0.15, -0.1) is 12.4 Å². The third kappa shape index (κ3) is 3.98. The second-order valence-corrected chi connectivity index (χ2v) is 4.33. The maximum absolute atomic E-state index is 5.32. The van der Waals surface area contributed by atoms with Crippen molar-refractivity contribution in [1.29, 1.82) is 0 Å². The van der Waals surface area contributed by atoms with E-state index in [0.717, 1.165) is 24.5 Å². The molecule has 0 atom stereocenters. The summed E-state index contributed by atoms with van der Waals surface area (Å²) in [5, 5.41) is 7.74. The zero-order valence-corrected chi connectivity index (χ0v) is 12.3. The standard InChI is InChI=1S/C14H19N3O.ClH/c1-11-13(10-17(2)16-11)9-15-8-12-6-4-5-7-14(12)18-3;/h4-7,10,15H,8-9H2,1-3H3;1H. The predicted molar refractivity (Wildman–Crippen MR) is 78.7 cm³/mol. The highest BCUT2D eigenvalue weighted by molar-refractivity contribution is 5.85. The van der Waals surface area contributed by atoms with Crippen molar-refractivity contribution in [3.8, 4) is 5.75 Å². The van der Waals surface area contributed by atoms with E-state index < -0.39 is 0 Å². The Balaban J connectivity index is 0.00000180. The van der Waals surface area contributed by atoms with Crippen molar-refractivity contribution in [2.75, 3.05) is 7.11 Å². The van der Waals surface area contributed by atoms with Gasteiger partial charge in [-0.25, -0.2) is 0 Å². The lowest BCUT2D eigenvalue weighted by Crippen LogP contribution is -2.13. The first kappa shape index (κ1) is 15.5. The summed E-state index contributed by atoms with van der Waals surface area (Å²) in [4.78, 5) is 0. The quantitative estimate of drug-likeness (QED) is 0.915. The number of hydrogen-bond donors (Lipinski definition) is 1. The maximum Gasteiger partial charge on any atom is 0.123 e. The van der Waals surface area contributed by atoms with Gasteiger partial charge in [-0.2, -0.15) is 5.10 Å². The van der Waals surface area contributed by atoms with Crippen LogP contribution in [-0.4, -0.2) is 16.9 Å². The van der Waals surface area contributed by atoms with Crippen LogP contribution in [0.5, 0.6) is 5.75 Å². The molecule has 2 rings (SSSR count). The number of halogens is 1. The number of aryl methyl sites for hydroxylation is 2. The highest BCUT2D eigenvalue weighted by atomic mass is 35.5. The van der Waals surface area contributed by atoms with Gasteiger partial charge in [0.1, 0.15) is 5.75 Å². The van der Waals surface area contributed by atoms with Crippen molar-refractivity contribution in [2.45, 2.75) is 20.0 Å². The van der Waals surface area contributed by atoms with Crippen LogP contribution in [0.15, 0.2) is 30.5 Å². The maximum atomic E-state index is 5.32. The fraction of sp³-hybridized carbons (Fsp3) is 0.357. The summed E-state index contributed by atoms with van der Waals surface area (Å²) in [6, 6.07) is 8.05. The molecule has 0 fully saturated rings. The van der Waals surface area contributed by atoms with Gasteiger partial charge in [0.15, 0.2) is 0 Å². The largest absolute Gasteiger partial charge is 0.496 e. The molecule has 0 amide bonds. The van der Waals surface area contributed by atoms with Gasteiger partial charge in [-0.05, 0) is 13.0 Å². The van der Waals surface area contributed by atoms with Crippen LogP contribution in [0.1, 0.15) is 16.8 Å². The van der Waals surface area contributed by atoms with E-state index in [-0.39, 0.29) is 12.4 Å². The molecule has 19 heavy (non-hydrogen) atoms. The Labute approximate surface area is 120 Å². The van der Waals surface area contributed by atoms with Gasteiger partial charge in [0.25, 0.3) is 0 Å².